The Labute approximate surface area is 178 Å². The molecule has 0 aliphatic carbocycles. The van der Waals surface area contributed by atoms with E-state index in [1.807, 2.05) is 0 Å². The first kappa shape index (κ1) is 20.5. The SMILES string of the molecule is O=C(c1ccc(COc2ccc(F)cc2)o1)N1CCN(C(=O)c2ccccc2O)CC1. The first-order valence-corrected chi connectivity index (χ1v) is 9.85. The van der Waals surface area contributed by atoms with Crippen LogP contribution in [-0.2, 0) is 6.61 Å². The smallest absolute Gasteiger partial charge is 0.289 e. The van der Waals surface area contributed by atoms with Crippen molar-refractivity contribution >= 4 is 11.8 Å². The summed E-state index contributed by atoms with van der Waals surface area (Å²) in [7, 11) is 0. The van der Waals surface area contributed by atoms with Crippen molar-refractivity contribution in [1.29, 1.82) is 0 Å². The molecule has 3 aromatic rings. The molecule has 0 atom stereocenters. The van der Waals surface area contributed by atoms with Gasteiger partial charge >= 0.3 is 0 Å². The quantitative estimate of drug-likeness (QED) is 0.680. The largest absolute Gasteiger partial charge is 0.507 e. The van der Waals surface area contributed by atoms with Crippen LogP contribution in [-0.4, -0.2) is 52.9 Å². The number of amides is 2. The van der Waals surface area contributed by atoms with E-state index in [9.17, 15) is 19.1 Å². The molecule has 4 rings (SSSR count). The second-order valence-electron chi connectivity index (χ2n) is 7.11. The Hall–Kier alpha value is -3.81. The third-order valence-electron chi connectivity index (χ3n) is 5.06. The number of carbonyl (C=O) groups excluding carboxylic acids is 2. The van der Waals surface area contributed by atoms with Crippen LogP contribution < -0.4 is 4.74 Å². The molecular formula is C23H21FN2O5. The van der Waals surface area contributed by atoms with E-state index in [-0.39, 0.29) is 41.3 Å². The maximum atomic E-state index is 12.9. The third kappa shape index (κ3) is 4.69. The lowest BCUT2D eigenvalue weighted by Gasteiger charge is -2.34. The van der Waals surface area contributed by atoms with E-state index in [4.69, 9.17) is 9.15 Å². The summed E-state index contributed by atoms with van der Waals surface area (Å²) in [5.74, 6) is 0.235. The number of nitrogens with zero attached hydrogens (tertiary/aromatic N) is 2. The molecule has 0 spiro atoms. The Bertz CT molecular complexity index is 1070. The van der Waals surface area contributed by atoms with Crippen molar-refractivity contribution in [3.63, 3.8) is 0 Å². The third-order valence-corrected chi connectivity index (χ3v) is 5.06. The van der Waals surface area contributed by atoms with E-state index < -0.39 is 0 Å². The van der Waals surface area contributed by atoms with E-state index in [1.165, 1.54) is 30.3 Å². The number of furan rings is 1. The van der Waals surface area contributed by atoms with Crippen molar-refractivity contribution in [2.75, 3.05) is 26.2 Å². The van der Waals surface area contributed by atoms with Gasteiger partial charge in [0.2, 0.25) is 0 Å². The monoisotopic (exact) mass is 424 g/mol. The molecule has 1 fully saturated rings. The van der Waals surface area contributed by atoms with Gasteiger partial charge in [-0.05, 0) is 48.5 Å². The minimum Gasteiger partial charge on any atom is -0.507 e. The summed E-state index contributed by atoms with van der Waals surface area (Å²) in [6.45, 7) is 1.56. The Morgan fingerprint density at radius 3 is 2.23 bits per heavy atom. The van der Waals surface area contributed by atoms with Crippen LogP contribution in [0.4, 0.5) is 4.39 Å². The summed E-state index contributed by atoms with van der Waals surface area (Å²) in [6, 6.07) is 15.3. The molecule has 1 saturated heterocycles. The first-order chi connectivity index (χ1) is 15.0. The Morgan fingerprint density at radius 2 is 1.55 bits per heavy atom. The fourth-order valence-corrected chi connectivity index (χ4v) is 3.35. The number of rotatable bonds is 5. The van der Waals surface area contributed by atoms with Gasteiger partial charge in [-0.1, -0.05) is 12.1 Å². The number of hydrogen-bond donors (Lipinski definition) is 1. The zero-order valence-corrected chi connectivity index (χ0v) is 16.7. The molecular weight excluding hydrogens is 403 g/mol. The molecule has 0 unspecified atom stereocenters. The van der Waals surface area contributed by atoms with Crippen molar-refractivity contribution in [2.45, 2.75) is 6.61 Å². The van der Waals surface area contributed by atoms with Gasteiger partial charge in [0.1, 0.15) is 29.7 Å². The van der Waals surface area contributed by atoms with Gasteiger partial charge in [0.15, 0.2) is 5.76 Å². The summed E-state index contributed by atoms with van der Waals surface area (Å²) in [5.41, 5.74) is 0.249. The molecule has 8 heteroatoms. The second-order valence-corrected chi connectivity index (χ2v) is 7.11. The number of ether oxygens (including phenoxy) is 1. The van der Waals surface area contributed by atoms with E-state index >= 15 is 0 Å². The van der Waals surface area contributed by atoms with Crippen LogP contribution in [0.1, 0.15) is 26.7 Å². The van der Waals surface area contributed by atoms with Crippen molar-refractivity contribution in [1.82, 2.24) is 9.80 Å². The predicted octanol–water partition coefficient (Wildman–Crippen LogP) is 3.30. The molecule has 1 aliphatic heterocycles. The first-order valence-electron chi connectivity index (χ1n) is 9.85. The standard InChI is InChI=1S/C23H21FN2O5/c24-16-5-7-17(8-6-16)30-15-18-9-10-21(31-18)23(29)26-13-11-25(12-14-26)22(28)19-3-1-2-4-20(19)27/h1-10,27H,11-15H2. The summed E-state index contributed by atoms with van der Waals surface area (Å²) in [6.07, 6.45) is 0. The highest BCUT2D eigenvalue weighted by Gasteiger charge is 2.27. The molecule has 160 valence electrons. The van der Waals surface area contributed by atoms with Gasteiger partial charge in [0, 0.05) is 26.2 Å². The zero-order chi connectivity index (χ0) is 21.8. The molecule has 1 aliphatic rings. The molecule has 1 aromatic heterocycles. The molecule has 0 saturated carbocycles. The molecule has 1 N–H and O–H groups in total. The number of carbonyl (C=O) groups is 2. The van der Waals surface area contributed by atoms with Crippen molar-refractivity contribution in [3.8, 4) is 11.5 Å². The normalized spacial score (nSPS) is 13.8. The second kappa shape index (κ2) is 8.91. The number of phenolic OH excluding ortho intramolecular Hbond substituents is 1. The van der Waals surface area contributed by atoms with Gasteiger partial charge in [-0.2, -0.15) is 0 Å². The highest BCUT2D eigenvalue weighted by Crippen LogP contribution is 2.20. The van der Waals surface area contributed by atoms with Gasteiger partial charge < -0.3 is 24.1 Å². The van der Waals surface area contributed by atoms with Crippen molar-refractivity contribution in [2.24, 2.45) is 0 Å². The minimum atomic E-state index is -0.347. The maximum absolute atomic E-state index is 12.9. The highest BCUT2D eigenvalue weighted by atomic mass is 19.1. The number of halogens is 1. The van der Waals surface area contributed by atoms with Gasteiger partial charge in [0.25, 0.3) is 11.8 Å². The van der Waals surface area contributed by atoms with Crippen LogP contribution in [0.3, 0.4) is 0 Å². The number of para-hydroxylation sites is 1. The van der Waals surface area contributed by atoms with Crippen LogP contribution in [0.15, 0.2) is 65.1 Å². The van der Waals surface area contributed by atoms with Gasteiger partial charge in [-0.15, -0.1) is 0 Å². The molecule has 0 bridgehead atoms. The van der Waals surface area contributed by atoms with Crippen LogP contribution in [0.25, 0.3) is 0 Å². The van der Waals surface area contributed by atoms with E-state index in [0.29, 0.717) is 37.7 Å². The topological polar surface area (TPSA) is 83.2 Å². The predicted molar refractivity (Wildman–Crippen MR) is 109 cm³/mol. The number of benzene rings is 2. The lowest BCUT2D eigenvalue weighted by molar-refractivity contribution is 0.0514. The Kier molecular flexibility index (Phi) is 5.88. The average molecular weight is 424 g/mol. The zero-order valence-electron chi connectivity index (χ0n) is 16.7. The van der Waals surface area contributed by atoms with E-state index in [1.54, 1.807) is 40.1 Å². The van der Waals surface area contributed by atoms with Crippen LogP contribution >= 0.6 is 0 Å². The van der Waals surface area contributed by atoms with Gasteiger partial charge in [-0.25, -0.2) is 4.39 Å². The summed E-state index contributed by atoms with van der Waals surface area (Å²) in [4.78, 5) is 28.6. The molecule has 2 aromatic carbocycles. The fourth-order valence-electron chi connectivity index (χ4n) is 3.35. The molecule has 7 nitrogen and oxygen atoms in total. The number of hydrogen-bond acceptors (Lipinski definition) is 5. The lowest BCUT2D eigenvalue weighted by atomic mass is 10.1. The van der Waals surface area contributed by atoms with Crippen LogP contribution in [0.2, 0.25) is 0 Å². The van der Waals surface area contributed by atoms with E-state index in [0.717, 1.165) is 0 Å². The van der Waals surface area contributed by atoms with Crippen LogP contribution in [0.5, 0.6) is 11.5 Å². The van der Waals surface area contributed by atoms with Crippen molar-refractivity contribution in [3.05, 3.63) is 83.6 Å². The molecule has 31 heavy (non-hydrogen) atoms. The Balaban J connectivity index is 1.31. The average Bonchev–Trinajstić information content (AvgIpc) is 3.27. The van der Waals surface area contributed by atoms with E-state index in [2.05, 4.69) is 0 Å². The molecule has 0 radical (unpaired) electrons. The number of phenols is 1. The fraction of sp³-hybridized carbons (Fsp3) is 0.217. The highest BCUT2D eigenvalue weighted by molar-refractivity contribution is 5.97. The number of piperazine rings is 1. The van der Waals surface area contributed by atoms with Gasteiger partial charge in [-0.3, -0.25) is 9.59 Å². The summed E-state index contributed by atoms with van der Waals surface area (Å²) in [5, 5.41) is 9.88. The van der Waals surface area contributed by atoms with Crippen LogP contribution in [0, 0.1) is 5.82 Å². The molecule has 2 heterocycles. The number of aromatic hydroxyl groups is 1. The minimum absolute atomic E-state index is 0.0584. The lowest BCUT2D eigenvalue weighted by Crippen LogP contribution is -2.50. The van der Waals surface area contributed by atoms with Crippen molar-refractivity contribution < 1.29 is 28.2 Å². The maximum Gasteiger partial charge on any atom is 0.289 e. The van der Waals surface area contributed by atoms with Gasteiger partial charge in [0.05, 0.1) is 5.56 Å². The molecule has 2 amide bonds. The summed E-state index contributed by atoms with van der Waals surface area (Å²) < 4.78 is 24.1. The Morgan fingerprint density at radius 1 is 0.903 bits per heavy atom. The summed E-state index contributed by atoms with van der Waals surface area (Å²) >= 11 is 0.